The highest BCUT2D eigenvalue weighted by Crippen LogP contribution is 2.25. The molecule has 0 saturated heterocycles. The number of benzene rings is 1. The van der Waals surface area contributed by atoms with Gasteiger partial charge >= 0.3 is 0 Å². The Bertz CT molecular complexity index is 684. The number of amides is 1. The van der Waals surface area contributed by atoms with Crippen LogP contribution in [0.5, 0.6) is 0 Å². The van der Waals surface area contributed by atoms with Crippen molar-refractivity contribution in [2.75, 3.05) is 6.54 Å². The Hall–Kier alpha value is -2.22. The summed E-state index contributed by atoms with van der Waals surface area (Å²) in [5.41, 5.74) is 1.13. The van der Waals surface area contributed by atoms with Crippen molar-refractivity contribution in [1.29, 1.82) is 0 Å². The molecule has 0 bridgehead atoms. The third-order valence-electron chi connectivity index (χ3n) is 2.99. The van der Waals surface area contributed by atoms with E-state index < -0.39 is 4.92 Å². The molecule has 8 heteroatoms. The van der Waals surface area contributed by atoms with E-state index in [1.807, 2.05) is 13.1 Å². The Morgan fingerprint density at radius 2 is 2.24 bits per heavy atom. The molecular formula is C13H13BrN4O3. The molecule has 2 rings (SSSR count). The second kappa shape index (κ2) is 6.49. The number of rotatable bonds is 5. The first-order valence-electron chi connectivity index (χ1n) is 6.18. The average molecular weight is 353 g/mol. The van der Waals surface area contributed by atoms with Gasteiger partial charge in [0.05, 0.1) is 9.40 Å². The molecule has 1 aromatic carbocycles. The second-order valence-corrected chi connectivity index (χ2v) is 5.23. The molecule has 7 nitrogen and oxygen atoms in total. The number of aryl methyl sites for hydroxylation is 1. The fourth-order valence-electron chi connectivity index (χ4n) is 1.85. The summed E-state index contributed by atoms with van der Waals surface area (Å²) in [4.78, 5) is 22.3. The molecule has 1 amide bonds. The lowest BCUT2D eigenvalue weighted by Crippen LogP contribution is -2.26. The molecule has 0 spiro atoms. The van der Waals surface area contributed by atoms with Crippen molar-refractivity contribution in [2.24, 2.45) is 7.05 Å². The number of nitrogens with zero attached hydrogens (tertiary/aromatic N) is 3. The molecule has 0 atom stereocenters. The summed E-state index contributed by atoms with van der Waals surface area (Å²) in [6.07, 6.45) is 2.33. The van der Waals surface area contributed by atoms with Gasteiger partial charge in [0.1, 0.15) is 0 Å². The van der Waals surface area contributed by atoms with Crippen molar-refractivity contribution in [3.05, 3.63) is 56.3 Å². The molecule has 1 aromatic heterocycles. The van der Waals surface area contributed by atoms with Gasteiger partial charge in [0, 0.05) is 43.5 Å². The molecule has 0 fully saturated rings. The summed E-state index contributed by atoms with van der Waals surface area (Å²) < 4.78 is 2.08. The minimum atomic E-state index is -0.531. The largest absolute Gasteiger partial charge is 0.352 e. The number of nitro groups is 1. The van der Waals surface area contributed by atoms with Gasteiger partial charge in [-0.15, -0.1) is 0 Å². The van der Waals surface area contributed by atoms with Crippen LogP contribution in [0.1, 0.15) is 16.1 Å². The van der Waals surface area contributed by atoms with Crippen LogP contribution in [0.15, 0.2) is 34.9 Å². The number of aromatic nitrogens is 2. The molecule has 0 aliphatic heterocycles. The monoisotopic (exact) mass is 352 g/mol. The van der Waals surface area contributed by atoms with E-state index in [9.17, 15) is 14.9 Å². The first kappa shape index (κ1) is 15.2. The number of hydrogen-bond acceptors (Lipinski definition) is 4. The number of nitro benzene ring substituents is 1. The summed E-state index contributed by atoms with van der Waals surface area (Å²) in [5, 5.41) is 17.6. The highest BCUT2D eigenvalue weighted by atomic mass is 79.9. The van der Waals surface area contributed by atoms with E-state index in [4.69, 9.17) is 0 Å². The van der Waals surface area contributed by atoms with Gasteiger partial charge in [-0.3, -0.25) is 19.6 Å². The van der Waals surface area contributed by atoms with Crippen LogP contribution in [0.4, 0.5) is 5.69 Å². The van der Waals surface area contributed by atoms with Crippen molar-refractivity contribution in [1.82, 2.24) is 15.1 Å². The molecule has 1 heterocycles. The Balaban J connectivity index is 1.99. The molecule has 1 N–H and O–H groups in total. The number of halogens is 1. The van der Waals surface area contributed by atoms with Crippen LogP contribution < -0.4 is 5.32 Å². The Morgan fingerprint density at radius 1 is 1.48 bits per heavy atom. The lowest BCUT2D eigenvalue weighted by molar-refractivity contribution is -0.385. The topological polar surface area (TPSA) is 90.1 Å². The van der Waals surface area contributed by atoms with E-state index in [0.717, 1.165) is 5.69 Å². The quantitative estimate of drug-likeness (QED) is 0.658. The van der Waals surface area contributed by atoms with Gasteiger partial charge in [0.25, 0.3) is 11.6 Å². The maximum atomic E-state index is 12.0. The van der Waals surface area contributed by atoms with Crippen LogP contribution in [0.3, 0.4) is 0 Å². The van der Waals surface area contributed by atoms with Crippen molar-refractivity contribution in [3.63, 3.8) is 0 Å². The molecule has 0 aliphatic rings. The van der Waals surface area contributed by atoms with Gasteiger partial charge in [-0.1, -0.05) is 0 Å². The maximum Gasteiger partial charge on any atom is 0.284 e. The SMILES string of the molecule is Cn1nccc1CCNC(=O)c1ccc(Br)c([N+](=O)[O-])c1. The average Bonchev–Trinajstić information content (AvgIpc) is 2.84. The summed E-state index contributed by atoms with van der Waals surface area (Å²) in [6.45, 7) is 0.433. The highest BCUT2D eigenvalue weighted by Gasteiger charge is 2.15. The number of nitrogens with one attached hydrogen (secondary N) is 1. The lowest BCUT2D eigenvalue weighted by atomic mass is 10.2. The summed E-state index contributed by atoms with van der Waals surface area (Å²) in [7, 11) is 1.83. The molecule has 0 radical (unpaired) electrons. The smallest absolute Gasteiger partial charge is 0.284 e. The molecule has 110 valence electrons. The maximum absolute atomic E-state index is 12.0. The van der Waals surface area contributed by atoms with Crippen LogP contribution in [0.25, 0.3) is 0 Å². The van der Waals surface area contributed by atoms with E-state index >= 15 is 0 Å². The normalized spacial score (nSPS) is 10.4. The van der Waals surface area contributed by atoms with Gasteiger partial charge in [-0.25, -0.2) is 0 Å². The third-order valence-corrected chi connectivity index (χ3v) is 3.66. The standard InChI is InChI=1S/C13H13BrN4O3/c1-17-10(5-7-16-17)4-6-15-13(19)9-2-3-11(14)12(8-9)18(20)21/h2-3,5,7-8H,4,6H2,1H3,(H,15,19). The molecule has 21 heavy (non-hydrogen) atoms. The van der Waals surface area contributed by atoms with E-state index in [0.29, 0.717) is 17.4 Å². The van der Waals surface area contributed by atoms with Crippen LogP contribution in [-0.4, -0.2) is 27.2 Å². The van der Waals surface area contributed by atoms with Crippen molar-refractivity contribution < 1.29 is 9.72 Å². The van der Waals surface area contributed by atoms with Crippen molar-refractivity contribution in [2.45, 2.75) is 6.42 Å². The number of hydrogen-bond donors (Lipinski definition) is 1. The Labute approximate surface area is 129 Å². The van der Waals surface area contributed by atoms with Gasteiger partial charge in [0.15, 0.2) is 0 Å². The summed E-state index contributed by atoms with van der Waals surface area (Å²) in [6, 6.07) is 6.16. The van der Waals surface area contributed by atoms with Gasteiger partial charge < -0.3 is 5.32 Å². The van der Waals surface area contributed by atoms with Gasteiger partial charge in [-0.05, 0) is 34.1 Å². The molecule has 0 unspecified atom stereocenters. The van der Waals surface area contributed by atoms with Crippen molar-refractivity contribution >= 4 is 27.5 Å². The van der Waals surface area contributed by atoms with Crippen LogP contribution in [0, 0.1) is 10.1 Å². The Morgan fingerprint density at radius 3 is 2.86 bits per heavy atom. The van der Waals surface area contributed by atoms with Crippen LogP contribution in [0.2, 0.25) is 0 Å². The van der Waals surface area contributed by atoms with Gasteiger partial charge in [-0.2, -0.15) is 5.10 Å². The number of carbonyl (C=O) groups is 1. The predicted molar refractivity (Wildman–Crippen MR) is 80.0 cm³/mol. The number of carbonyl (C=O) groups excluding carboxylic acids is 1. The molecule has 0 aliphatic carbocycles. The molecule has 0 saturated carbocycles. The van der Waals surface area contributed by atoms with Gasteiger partial charge in [0.2, 0.25) is 0 Å². The fraction of sp³-hybridized carbons (Fsp3) is 0.231. The van der Waals surface area contributed by atoms with E-state index in [2.05, 4.69) is 26.3 Å². The van der Waals surface area contributed by atoms with E-state index in [-0.39, 0.29) is 17.2 Å². The minimum Gasteiger partial charge on any atom is -0.352 e. The lowest BCUT2D eigenvalue weighted by Gasteiger charge is -2.06. The molecular weight excluding hydrogens is 340 g/mol. The van der Waals surface area contributed by atoms with E-state index in [1.165, 1.54) is 18.2 Å². The zero-order valence-electron chi connectivity index (χ0n) is 11.2. The zero-order chi connectivity index (χ0) is 15.4. The summed E-state index contributed by atoms with van der Waals surface area (Å²) in [5.74, 6) is -0.340. The van der Waals surface area contributed by atoms with Crippen LogP contribution in [-0.2, 0) is 13.5 Å². The minimum absolute atomic E-state index is 0.130. The first-order chi connectivity index (χ1) is 9.99. The highest BCUT2D eigenvalue weighted by molar-refractivity contribution is 9.10. The predicted octanol–water partition coefficient (Wildman–Crippen LogP) is 2.06. The summed E-state index contributed by atoms with van der Waals surface area (Å²) >= 11 is 3.08. The zero-order valence-corrected chi connectivity index (χ0v) is 12.8. The fourth-order valence-corrected chi connectivity index (χ4v) is 2.24. The van der Waals surface area contributed by atoms with Crippen LogP contribution >= 0.6 is 15.9 Å². The molecule has 2 aromatic rings. The first-order valence-corrected chi connectivity index (χ1v) is 6.97. The van der Waals surface area contributed by atoms with E-state index in [1.54, 1.807) is 10.9 Å². The second-order valence-electron chi connectivity index (χ2n) is 4.38. The Kier molecular flexibility index (Phi) is 4.69. The van der Waals surface area contributed by atoms with Crippen molar-refractivity contribution in [3.8, 4) is 0 Å². The third kappa shape index (κ3) is 3.66.